The maximum atomic E-state index is 12.3. The van der Waals surface area contributed by atoms with E-state index in [0.29, 0.717) is 29.3 Å². The fourth-order valence-corrected chi connectivity index (χ4v) is 2.05. The molecule has 0 unspecified atom stereocenters. The molecule has 0 aliphatic carbocycles. The number of nitrogens with one attached hydrogen (secondary N) is 2. The van der Waals surface area contributed by atoms with Crippen molar-refractivity contribution in [1.29, 1.82) is 0 Å². The minimum absolute atomic E-state index is 0.197. The molecule has 0 aliphatic heterocycles. The lowest BCUT2D eigenvalue weighted by molar-refractivity contribution is 0.0961. The molecule has 0 radical (unpaired) electrons. The Hall–Kier alpha value is -2.82. The average molecular weight is 326 g/mol. The quantitative estimate of drug-likeness (QED) is 0.855. The van der Waals surface area contributed by atoms with Crippen LogP contribution in [0.4, 0.5) is 5.69 Å². The van der Waals surface area contributed by atoms with Gasteiger partial charge in [-0.2, -0.15) is 0 Å². The van der Waals surface area contributed by atoms with Crippen LogP contribution >= 0.6 is 0 Å². The summed E-state index contributed by atoms with van der Waals surface area (Å²) in [6, 6.07) is 13.8. The van der Waals surface area contributed by atoms with E-state index in [9.17, 15) is 9.59 Å². The van der Waals surface area contributed by atoms with Crippen LogP contribution in [-0.2, 0) is 0 Å². The summed E-state index contributed by atoms with van der Waals surface area (Å²) in [6.45, 7) is 4.79. The summed E-state index contributed by atoms with van der Waals surface area (Å²) in [5.74, 6) is 0.750. The van der Waals surface area contributed by atoms with Crippen molar-refractivity contribution < 1.29 is 14.3 Å². The largest absolute Gasteiger partial charge is 0.493 e. The normalized spacial score (nSPS) is 10.3. The van der Waals surface area contributed by atoms with Crippen molar-refractivity contribution in [1.82, 2.24) is 5.32 Å². The van der Waals surface area contributed by atoms with Gasteiger partial charge in [0.05, 0.1) is 6.61 Å². The molecule has 24 heavy (non-hydrogen) atoms. The van der Waals surface area contributed by atoms with Crippen LogP contribution in [0.25, 0.3) is 0 Å². The summed E-state index contributed by atoms with van der Waals surface area (Å²) in [7, 11) is 1.57. The lowest BCUT2D eigenvalue weighted by atomic mass is 10.1. The van der Waals surface area contributed by atoms with Gasteiger partial charge in [-0.05, 0) is 48.4 Å². The molecule has 2 aromatic rings. The van der Waals surface area contributed by atoms with Crippen LogP contribution in [0.5, 0.6) is 5.75 Å². The molecule has 0 saturated heterocycles. The topological polar surface area (TPSA) is 67.4 Å². The van der Waals surface area contributed by atoms with Gasteiger partial charge in [0.15, 0.2) is 0 Å². The molecule has 2 amide bonds. The summed E-state index contributed by atoms with van der Waals surface area (Å²) in [5, 5.41) is 5.34. The second-order valence-electron chi connectivity index (χ2n) is 5.84. The van der Waals surface area contributed by atoms with Crippen LogP contribution in [0, 0.1) is 5.92 Å². The van der Waals surface area contributed by atoms with Gasteiger partial charge >= 0.3 is 0 Å². The maximum Gasteiger partial charge on any atom is 0.255 e. The van der Waals surface area contributed by atoms with Crippen LogP contribution in [0.3, 0.4) is 0 Å². The highest BCUT2D eigenvalue weighted by Crippen LogP contribution is 2.16. The average Bonchev–Trinajstić information content (AvgIpc) is 2.59. The number of hydrogen-bond donors (Lipinski definition) is 2. The van der Waals surface area contributed by atoms with E-state index in [0.717, 1.165) is 5.75 Å². The van der Waals surface area contributed by atoms with Crippen LogP contribution in [-0.4, -0.2) is 25.5 Å². The highest BCUT2D eigenvalue weighted by atomic mass is 16.5. The summed E-state index contributed by atoms with van der Waals surface area (Å²) >= 11 is 0. The van der Waals surface area contributed by atoms with Crippen molar-refractivity contribution in [3.63, 3.8) is 0 Å². The first-order valence-corrected chi connectivity index (χ1v) is 7.86. The molecular weight excluding hydrogens is 304 g/mol. The van der Waals surface area contributed by atoms with Gasteiger partial charge in [-0.15, -0.1) is 0 Å². The fourth-order valence-electron chi connectivity index (χ4n) is 2.05. The van der Waals surface area contributed by atoms with Crippen molar-refractivity contribution in [2.75, 3.05) is 19.0 Å². The highest BCUT2D eigenvalue weighted by molar-refractivity contribution is 6.05. The first kappa shape index (κ1) is 17.5. The van der Waals surface area contributed by atoms with E-state index < -0.39 is 0 Å². The van der Waals surface area contributed by atoms with E-state index in [4.69, 9.17) is 4.74 Å². The Balaban J connectivity index is 2.03. The van der Waals surface area contributed by atoms with E-state index in [1.54, 1.807) is 55.6 Å². The van der Waals surface area contributed by atoms with E-state index in [-0.39, 0.29) is 11.8 Å². The SMILES string of the molecule is CNC(=O)c1cccc(NC(=O)c2ccc(OCC(C)C)cc2)c1. The first-order chi connectivity index (χ1) is 11.5. The summed E-state index contributed by atoms with van der Waals surface area (Å²) < 4.78 is 5.60. The molecule has 2 aromatic carbocycles. The molecule has 0 saturated carbocycles. The van der Waals surface area contributed by atoms with Crippen molar-refractivity contribution in [3.05, 3.63) is 59.7 Å². The Morgan fingerprint density at radius 3 is 2.33 bits per heavy atom. The minimum Gasteiger partial charge on any atom is -0.493 e. The lowest BCUT2D eigenvalue weighted by Gasteiger charge is -2.10. The van der Waals surface area contributed by atoms with Crippen LogP contribution in [0.2, 0.25) is 0 Å². The Morgan fingerprint density at radius 2 is 1.71 bits per heavy atom. The molecule has 5 heteroatoms. The summed E-state index contributed by atoms with van der Waals surface area (Å²) in [5.41, 5.74) is 1.59. The van der Waals surface area contributed by atoms with Gasteiger partial charge in [0.25, 0.3) is 11.8 Å². The maximum absolute atomic E-state index is 12.3. The molecule has 0 spiro atoms. The molecule has 0 atom stereocenters. The van der Waals surface area contributed by atoms with Gasteiger partial charge in [0.1, 0.15) is 5.75 Å². The van der Waals surface area contributed by atoms with Gasteiger partial charge in [-0.3, -0.25) is 9.59 Å². The zero-order valence-corrected chi connectivity index (χ0v) is 14.1. The molecule has 0 bridgehead atoms. The monoisotopic (exact) mass is 326 g/mol. The van der Waals surface area contributed by atoms with E-state index >= 15 is 0 Å². The van der Waals surface area contributed by atoms with Crippen molar-refractivity contribution in [3.8, 4) is 5.75 Å². The van der Waals surface area contributed by atoms with Crippen LogP contribution in [0.1, 0.15) is 34.6 Å². The number of anilines is 1. The predicted molar refractivity (Wildman–Crippen MR) is 94.6 cm³/mol. The molecule has 2 N–H and O–H groups in total. The molecule has 2 rings (SSSR count). The number of carbonyl (C=O) groups excluding carboxylic acids is 2. The third kappa shape index (κ3) is 4.84. The molecule has 5 nitrogen and oxygen atoms in total. The number of rotatable bonds is 6. The smallest absolute Gasteiger partial charge is 0.255 e. The molecule has 0 heterocycles. The summed E-state index contributed by atoms with van der Waals surface area (Å²) in [4.78, 5) is 23.9. The van der Waals surface area contributed by atoms with Crippen LogP contribution < -0.4 is 15.4 Å². The van der Waals surface area contributed by atoms with Crippen molar-refractivity contribution in [2.45, 2.75) is 13.8 Å². The Morgan fingerprint density at radius 1 is 1.00 bits per heavy atom. The molecular formula is C19H22N2O3. The van der Waals surface area contributed by atoms with E-state index in [1.165, 1.54) is 0 Å². The second-order valence-corrected chi connectivity index (χ2v) is 5.84. The van der Waals surface area contributed by atoms with Gasteiger partial charge in [-0.25, -0.2) is 0 Å². The summed E-state index contributed by atoms with van der Waals surface area (Å²) in [6.07, 6.45) is 0. The van der Waals surface area contributed by atoms with Crippen molar-refractivity contribution >= 4 is 17.5 Å². The molecule has 0 fully saturated rings. The number of carbonyl (C=O) groups is 2. The lowest BCUT2D eigenvalue weighted by Crippen LogP contribution is -2.18. The minimum atomic E-state index is -0.237. The van der Waals surface area contributed by atoms with Gasteiger partial charge in [0.2, 0.25) is 0 Å². The standard InChI is InChI=1S/C19H22N2O3/c1-13(2)12-24-17-9-7-14(8-10-17)19(23)21-16-6-4-5-15(11-16)18(22)20-3/h4-11,13H,12H2,1-3H3,(H,20,22)(H,21,23). The second kappa shape index (κ2) is 8.15. The molecule has 126 valence electrons. The Kier molecular flexibility index (Phi) is 5.95. The first-order valence-electron chi connectivity index (χ1n) is 7.86. The van der Waals surface area contributed by atoms with Crippen molar-refractivity contribution in [2.24, 2.45) is 5.92 Å². The third-order valence-corrected chi connectivity index (χ3v) is 3.31. The predicted octanol–water partition coefficient (Wildman–Crippen LogP) is 3.33. The van der Waals surface area contributed by atoms with E-state index in [2.05, 4.69) is 24.5 Å². The number of amides is 2. The zero-order chi connectivity index (χ0) is 17.5. The highest BCUT2D eigenvalue weighted by Gasteiger charge is 2.09. The van der Waals surface area contributed by atoms with E-state index in [1.807, 2.05) is 0 Å². The Bertz CT molecular complexity index is 709. The molecule has 0 aliphatic rings. The fraction of sp³-hybridized carbons (Fsp3) is 0.263. The Labute approximate surface area is 142 Å². The van der Waals surface area contributed by atoms with Gasteiger partial charge < -0.3 is 15.4 Å². The van der Waals surface area contributed by atoms with Gasteiger partial charge in [-0.1, -0.05) is 19.9 Å². The number of benzene rings is 2. The third-order valence-electron chi connectivity index (χ3n) is 3.31. The number of ether oxygens (including phenoxy) is 1. The zero-order valence-electron chi connectivity index (χ0n) is 14.1. The molecule has 0 aromatic heterocycles. The number of hydrogen-bond acceptors (Lipinski definition) is 3. The van der Waals surface area contributed by atoms with Crippen LogP contribution in [0.15, 0.2) is 48.5 Å². The van der Waals surface area contributed by atoms with Gasteiger partial charge in [0, 0.05) is 23.9 Å².